The van der Waals surface area contributed by atoms with Gasteiger partial charge in [0.25, 0.3) is 6.43 Å². The van der Waals surface area contributed by atoms with Gasteiger partial charge in [-0.15, -0.1) is 0 Å². The van der Waals surface area contributed by atoms with Gasteiger partial charge in [-0.25, -0.2) is 8.78 Å². The molecule has 0 spiro atoms. The summed E-state index contributed by atoms with van der Waals surface area (Å²) in [7, 11) is 1.25. The minimum Gasteiger partial charge on any atom is -0.491 e. The summed E-state index contributed by atoms with van der Waals surface area (Å²) in [4.78, 5) is 13.4. The van der Waals surface area contributed by atoms with Crippen LogP contribution in [-0.4, -0.2) is 12.1 Å². The first-order chi connectivity index (χ1) is 5.66. The normalized spacial score (nSPS) is 10.3. The van der Waals surface area contributed by atoms with Crippen molar-refractivity contribution in [2.45, 2.75) is 6.43 Å². The van der Waals surface area contributed by atoms with Gasteiger partial charge >= 0.3 is 0 Å². The smallest absolute Gasteiger partial charge is 0.269 e. The zero-order valence-corrected chi connectivity index (χ0v) is 6.30. The molecular formula is C7H7F2NO2. The molecule has 0 atom stereocenters. The fourth-order valence-corrected chi connectivity index (χ4v) is 0.794. The van der Waals surface area contributed by atoms with Gasteiger partial charge in [-0.05, 0) is 0 Å². The van der Waals surface area contributed by atoms with Crippen LogP contribution < -0.4 is 10.2 Å². The highest BCUT2D eigenvalue weighted by atomic mass is 19.3. The highest BCUT2D eigenvalue weighted by molar-refractivity contribution is 5.24. The summed E-state index contributed by atoms with van der Waals surface area (Å²) in [5, 5.41) is 0. The summed E-state index contributed by atoms with van der Waals surface area (Å²) in [6.07, 6.45) is -0.576. The van der Waals surface area contributed by atoms with Crippen molar-refractivity contribution >= 4 is 0 Å². The lowest BCUT2D eigenvalue weighted by atomic mass is 10.3. The van der Waals surface area contributed by atoms with Crippen molar-refractivity contribution in [2.24, 2.45) is 0 Å². The van der Waals surface area contributed by atoms with Crippen LogP contribution in [0.25, 0.3) is 0 Å². The van der Waals surface area contributed by atoms with Crippen molar-refractivity contribution in [3.05, 3.63) is 28.2 Å². The molecule has 0 saturated carbocycles. The Morgan fingerprint density at radius 2 is 2.17 bits per heavy atom. The van der Waals surface area contributed by atoms with Crippen molar-refractivity contribution in [1.29, 1.82) is 0 Å². The molecule has 0 amide bonds. The van der Waals surface area contributed by atoms with E-state index < -0.39 is 17.4 Å². The van der Waals surface area contributed by atoms with E-state index >= 15 is 0 Å². The number of alkyl halides is 2. The average molecular weight is 175 g/mol. The summed E-state index contributed by atoms with van der Waals surface area (Å²) in [5.41, 5.74) is -1.35. The van der Waals surface area contributed by atoms with Crippen molar-refractivity contribution in [3.63, 3.8) is 0 Å². The standard InChI is InChI=1S/C7H7F2NO2/c1-12-5-3-10-2-4(6(5)11)7(8)9/h2-3,7H,1H3,(H,10,11). The number of hydrogen-bond acceptors (Lipinski definition) is 2. The Hall–Kier alpha value is -1.39. The molecule has 66 valence electrons. The number of hydrogen-bond donors (Lipinski definition) is 1. The number of pyridine rings is 1. The Labute approximate surface area is 67.0 Å². The van der Waals surface area contributed by atoms with Gasteiger partial charge in [-0.2, -0.15) is 0 Å². The highest BCUT2D eigenvalue weighted by Gasteiger charge is 2.14. The number of halogens is 2. The summed E-state index contributed by atoms with van der Waals surface area (Å²) in [6, 6.07) is 0. The van der Waals surface area contributed by atoms with Crippen LogP contribution >= 0.6 is 0 Å². The zero-order chi connectivity index (χ0) is 9.14. The van der Waals surface area contributed by atoms with Crippen molar-refractivity contribution in [1.82, 2.24) is 4.98 Å². The maximum atomic E-state index is 12.1. The van der Waals surface area contributed by atoms with Crippen LogP contribution in [0.3, 0.4) is 0 Å². The third-order valence-corrected chi connectivity index (χ3v) is 1.39. The van der Waals surface area contributed by atoms with E-state index in [1.54, 1.807) is 0 Å². The van der Waals surface area contributed by atoms with E-state index in [0.29, 0.717) is 0 Å². The maximum Gasteiger partial charge on any atom is 0.269 e. The molecule has 5 heteroatoms. The molecule has 0 bridgehead atoms. The van der Waals surface area contributed by atoms with Crippen molar-refractivity contribution in [3.8, 4) is 5.75 Å². The van der Waals surface area contributed by atoms with Gasteiger partial charge in [0, 0.05) is 12.4 Å². The van der Waals surface area contributed by atoms with Gasteiger partial charge in [0.15, 0.2) is 5.75 Å². The molecule has 1 aromatic rings. The van der Waals surface area contributed by atoms with Crippen LogP contribution in [0.1, 0.15) is 12.0 Å². The van der Waals surface area contributed by atoms with Gasteiger partial charge in [0.1, 0.15) is 0 Å². The summed E-state index contributed by atoms with van der Waals surface area (Å²) >= 11 is 0. The van der Waals surface area contributed by atoms with E-state index in [9.17, 15) is 13.6 Å². The molecule has 0 aromatic carbocycles. The van der Waals surface area contributed by atoms with E-state index in [2.05, 4.69) is 9.72 Å². The molecule has 1 heterocycles. The van der Waals surface area contributed by atoms with Crippen LogP contribution in [0.5, 0.6) is 5.75 Å². The number of ether oxygens (including phenoxy) is 1. The summed E-state index contributed by atoms with van der Waals surface area (Å²) in [5.74, 6) is -0.104. The third-order valence-electron chi connectivity index (χ3n) is 1.39. The largest absolute Gasteiger partial charge is 0.491 e. The van der Waals surface area contributed by atoms with Crippen LogP contribution in [0.2, 0.25) is 0 Å². The van der Waals surface area contributed by atoms with E-state index in [1.165, 1.54) is 13.3 Å². The lowest BCUT2D eigenvalue weighted by molar-refractivity contribution is 0.149. The van der Waals surface area contributed by atoms with Crippen LogP contribution in [-0.2, 0) is 0 Å². The Bertz CT molecular complexity index is 321. The highest BCUT2D eigenvalue weighted by Crippen LogP contribution is 2.15. The van der Waals surface area contributed by atoms with Crippen LogP contribution in [0, 0.1) is 0 Å². The summed E-state index contributed by atoms with van der Waals surface area (Å²) < 4.78 is 28.7. The molecule has 1 N–H and O–H groups in total. The Kier molecular flexibility index (Phi) is 2.42. The second kappa shape index (κ2) is 3.34. The average Bonchev–Trinajstić information content (AvgIpc) is 2.04. The topological polar surface area (TPSA) is 42.1 Å². The molecule has 0 aliphatic carbocycles. The number of aromatic amines is 1. The second-order valence-corrected chi connectivity index (χ2v) is 2.11. The Balaban J connectivity index is 3.24. The lowest BCUT2D eigenvalue weighted by Gasteiger charge is -2.01. The second-order valence-electron chi connectivity index (χ2n) is 2.11. The molecule has 12 heavy (non-hydrogen) atoms. The molecule has 0 aliphatic rings. The molecule has 0 aliphatic heterocycles. The van der Waals surface area contributed by atoms with Gasteiger partial charge in [0.05, 0.1) is 12.7 Å². The van der Waals surface area contributed by atoms with Crippen LogP contribution in [0.4, 0.5) is 8.78 Å². The molecule has 3 nitrogen and oxygen atoms in total. The number of rotatable bonds is 2. The molecule has 1 aromatic heterocycles. The Morgan fingerprint density at radius 1 is 1.50 bits per heavy atom. The molecule has 0 unspecified atom stereocenters. The number of nitrogens with one attached hydrogen (secondary N) is 1. The monoisotopic (exact) mass is 175 g/mol. The SMILES string of the molecule is COc1c[nH]cc(C(F)F)c1=O. The molecule has 0 radical (unpaired) electrons. The van der Waals surface area contributed by atoms with E-state index in [-0.39, 0.29) is 5.75 Å². The fourth-order valence-electron chi connectivity index (χ4n) is 0.794. The van der Waals surface area contributed by atoms with E-state index in [4.69, 9.17) is 0 Å². The minimum absolute atomic E-state index is 0.104. The van der Waals surface area contributed by atoms with Crippen molar-refractivity contribution < 1.29 is 13.5 Å². The molecule has 0 saturated heterocycles. The van der Waals surface area contributed by atoms with Gasteiger partial charge in [-0.3, -0.25) is 4.79 Å². The predicted octanol–water partition coefficient (Wildman–Crippen LogP) is 1.32. The van der Waals surface area contributed by atoms with Gasteiger partial charge < -0.3 is 9.72 Å². The number of H-pyrrole nitrogens is 1. The van der Waals surface area contributed by atoms with Crippen molar-refractivity contribution in [2.75, 3.05) is 7.11 Å². The van der Waals surface area contributed by atoms with Crippen LogP contribution in [0.15, 0.2) is 17.2 Å². The molecular weight excluding hydrogens is 168 g/mol. The summed E-state index contributed by atoms with van der Waals surface area (Å²) in [6.45, 7) is 0. The zero-order valence-electron chi connectivity index (χ0n) is 6.30. The number of methoxy groups -OCH3 is 1. The molecule has 1 rings (SSSR count). The fraction of sp³-hybridized carbons (Fsp3) is 0.286. The van der Waals surface area contributed by atoms with Gasteiger partial charge in [-0.1, -0.05) is 0 Å². The minimum atomic E-state index is -2.77. The predicted molar refractivity (Wildman–Crippen MR) is 38.6 cm³/mol. The quantitative estimate of drug-likeness (QED) is 0.736. The first kappa shape index (κ1) is 8.70. The first-order valence-corrected chi connectivity index (χ1v) is 3.20. The van der Waals surface area contributed by atoms with Gasteiger partial charge in [0.2, 0.25) is 5.43 Å². The number of aromatic nitrogens is 1. The lowest BCUT2D eigenvalue weighted by Crippen LogP contribution is -2.11. The molecule has 0 fully saturated rings. The Morgan fingerprint density at radius 3 is 2.67 bits per heavy atom. The van der Waals surface area contributed by atoms with E-state index in [1.807, 2.05) is 0 Å². The maximum absolute atomic E-state index is 12.1. The first-order valence-electron chi connectivity index (χ1n) is 3.20. The third kappa shape index (κ3) is 1.44. The van der Waals surface area contributed by atoms with E-state index in [0.717, 1.165) is 6.20 Å².